The molecule has 5 nitrogen and oxygen atoms in total. The van der Waals surface area contributed by atoms with Gasteiger partial charge in [-0.3, -0.25) is 9.59 Å². The van der Waals surface area contributed by atoms with E-state index in [-0.39, 0.29) is 18.2 Å². The summed E-state index contributed by atoms with van der Waals surface area (Å²) in [4.78, 5) is 27.9. The van der Waals surface area contributed by atoms with Crippen LogP contribution in [0.5, 0.6) is 0 Å². The predicted octanol–water partition coefficient (Wildman–Crippen LogP) is 3.25. The van der Waals surface area contributed by atoms with E-state index >= 15 is 0 Å². The number of carbonyl (C=O) groups excluding carboxylic acids is 2. The third-order valence-electron chi connectivity index (χ3n) is 3.20. The number of hydrogen-bond acceptors (Lipinski definition) is 3. The number of nitrogens with one attached hydrogen (secondary N) is 2. The minimum absolute atomic E-state index is 0.108. The minimum Gasteiger partial charge on any atom is -0.349 e. The fraction of sp³-hybridized carbons (Fsp3) is 0.235. The second-order valence-corrected chi connectivity index (χ2v) is 5.66. The molecule has 1 atom stereocenters. The van der Waals surface area contributed by atoms with E-state index in [1.165, 1.54) is 6.92 Å². The van der Waals surface area contributed by atoms with Crippen molar-refractivity contribution in [2.45, 2.75) is 26.3 Å². The van der Waals surface area contributed by atoms with E-state index in [4.69, 9.17) is 11.6 Å². The first-order valence-electron chi connectivity index (χ1n) is 7.20. The molecule has 2 N–H and O–H groups in total. The van der Waals surface area contributed by atoms with E-state index in [9.17, 15) is 9.59 Å². The SMILES string of the molecule is CC(=O)NC(CC(=O)Nc1cccc(C)n1)c1ccc(Cl)cc1. The maximum Gasteiger partial charge on any atom is 0.227 e. The van der Waals surface area contributed by atoms with Crippen molar-refractivity contribution in [3.63, 3.8) is 0 Å². The molecular weight excluding hydrogens is 314 g/mol. The smallest absolute Gasteiger partial charge is 0.227 e. The van der Waals surface area contributed by atoms with Gasteiger partial charge in [-0.2, -0.15) is 0 Å². The number of pyridine rings is 1. The summed E-state index contributed by atoms with van der Waals surface area (Å²) in [6, 6.07) is 12.0. The second-order valence-electron chi connectivity index (χ2n) is 5.22. The third-order valence-corrected chi connectivity index (χ3v) is 3.45. The van der Waals surface area contributed by atoms with Crippen LogP contribution in [0.3, 0.4) is 0 Å². The van der Waals surface area contributed by atoms with Crippen LogP contribution in [0.2, 0.25) is 5.02 Å². The van der Waals surface area contributed by atoms with Gasteiger partial charge in [0.05, 0.1) is 12.5 Å². The highest BCUT2D eigenvalue weighted by molar-refractivity contribution is 6.30. The third kappa shape index (κ3) is 5.38. The van der Waals surface area contributed by atoms with Crippen LogP contribution >= 0.6 is 11.6 Å². The number of benzene rings is 1. The molecule has 1 unspecified atom stereocenters. The van der Waals surface area contributed by atoms with Gasteiger partial charge in [-0.05, 0) is 36.8 Å². The molecule has 6 heteroatoms. The van der Waals surface area contributed by atoms with Crippen LogP contribution < -0.4 is 10.6 Å². The summed E-state index contributed by atoms with van der Waals surface area (Å²) >= 11 is 5.88. The zero-order chi connectivity index (χ0) is 16.8. The Morgan fingerprint density at radius 1 is 1.17 bits per heavy atom. The molecule has 0 fully saturated rings. The Bertz CT molecular complexity index is 701. The number of aryl methyl sites for hydroxylation is 1. The number of nitrogens with zero attached hydrogens (tertiary/aromatic N) is 1. The average Bonchev–Trinajstić information content (AvgIpc) is 2.46. The lowest BCUT2D eigenvalue weighted by Crippen LogP contribution is -2.29. The quantitative estimate of drug-likeness (QED) is 0.883. The van der Waals surface area contributed by atoms with Gasteiger partial charge in [0.25, 0.3) is 0 Å². The highest BCUT2D eigenvalue weighted by Crippen LogP contribution is 2.20. The Balaban J connectivity index is 2.09. The molecule has 23 heavy (non-hydrogen) atoms. The Kier molecular flexibility index (Phi) is 5.71. The molecule has 0 aliphatic heterocycles. The Labute approximate surface area is 140 Å². The van der Waals surface area contributed by atoms with Gasteiger partial charge in [-0.15, -0.1) is 0 Å². The van der Waals surface area contributed by atoms with Crippen LogP contribution in [-0.2, 0) is 9.59 Å². The van der Waals surface area contributed by atoms with Gasteiger partial charge in [0.15, 0.2) is 0 Å². The van der Waals surface area contributed by atoms with Gasteiger partial charge in [0.1, 0.15) is 5.82 Å². The maximum atomic E-state index is 12.2. The average molecular weight is 332 g/mol. The number of hydrogen-bond donors (Lipinski definition) is 2. The second kappa shape index (κ2) is 7.74. The van der Waals surface area contributed by atoms with Crippen LogP contribution in [0.1, 0.15) is 30.6 Å². The standard InChI is InChI=1S/C17H18ClN3O2/c1-11-4-3-5-16(19-11)21-17(23)10-15(20-12(2)22)13-6-8-14(18)9-7-13/h3-9,15H,10H2,1-2H3,(H,20,22)(H,19,21,23). The van der Waals surface area contributed by atoms with E-state index in [2.05, 4.69) is 15.6 Å². The zero-order valence-electron chi connectivity index (χ0n) is 13.0. The summed E-state index contributed by atoms with van der Waals surface area (Å²) in [5, 5.41) is 6.12. The van der Waals surface area contributed by atoms with Crippen LogP contribution in [0, 0.1) is 6.92 Å². The lowest BCUT2D eigenvalue weighted by Gasteiger charge is -2.18. The topological polar surface area (TPSA) is 71.1 Å². The fourth-order valence-corrected chi connectivity index (χ4v) is 2.31. The highest BCUT2D eigenvalue weighted by atomic mass is 35.5. The van der Waals surface area contributed by atoms with Crippen molar-refractivity contribution >= 4 is 29.2 Å². The summed E-state index contributed by atoms with van der Waals surface area (Å²) in [6.45, 7) is 3.27. The van der Waals surface area contributed by atoms with Gasteiger partial charge in [-0.25, -0.2) is 4.98 Å². The van der Waals surface area contributed by atoms with Gasteiger partial charge in [0.2, 0.25) is 11.8 Å². The highest BCUT2D eigenvalue weighted by Gasteiger charge is 2.17. The van der Waals surface area contributed by atoms with E-state index in [1.807, 2.05) is 19.1 Å². The van der Waals surface area contributed by atoms with Crippen LogP contribution in [0.25, 0.3) is 0 Å². The van der Waals surface area contributed by atoms with Gasteiger partial charge in [-0.1, -0.05) is 29.8 Å². The largest absolute Gasteiger partial charge is 0.349 e. The molecule has 0 aliphatic rings. The van der Waals surface area contributed by atoms with Crippen molar-refractivity contribution in [3.8, 4) is 0 Å². The summed E-state index contributed by atoms with van der Waals surface area (Å²) in [6.07, 6.45) is 0.108. The first kappa shape index (κ1) is 17.0. The lowest BCUT2D eigenvalue weighted by atomic mass is 10.0. The predicted molar refractivity (Wildman–Crippen MR) is 90.2 cm³/mol. The summed E-state index contributed by atoms with van der Waals surface area (Å²) in [7, 11) is 0. The van der Waals surface area contributed by atoms with Gasteiger partial charge >= 0.3 is 0 Å². The monoisotopic (exact) mass is 331 g/mol. The number of amides is 2. The molecule has 1 aromatic heterocycles. The molecule has 0 saturated heterocycles. The molecular formula is C17H18ClN3O2. The fourth-order valence-electron chi connectivity index (χ4n) is 2.18. The Morgan fingerprint density at radius 2 is 1.87 bits per heavy atom. The number of aromatic nitrogens is 1. The van der Waals surface area contributed by atoms with Crippen molar-refractivity contribution < 1.29 is 9.59 Å². The van der Waals surface area contributed by atoms with E-state index in [0.717, 1.165) is 11.3 Å². The number of rotatable bonds is 5. The molecule has 0 aliphatic carbocycles. The summed E-state index contributed by atoms with van der Waals surface area (Å²) in [5.74, 6) is 0.0657. The molecule has 1 aromatic carbocycles. The molecule has 2 amide bonds. The Morgan fingerprint density at radius 3 is 2.48 bits per heavy atom. The lowest BCUT2D eigenvalue weighted by molar-refractivity contribution is -0.120. The van der Waals surface area contributed by atoms with Gasteiger partial charge in [0, 0.05) is 17.6 Å². The van der Waals surface area contributed by atoms with Crippen molar-refractivity contribution in [1.82, 2.24) is 10.3 Å². The van der Waals surface area contributed by atoms with E-state index in [1.54, 1.807) is 30.3 Å². The molecule has 0 radical (unpaired) electrons. The van der Waals surface area contributed by atoms with E-state index < -0.39 is 6.04 Å². The molecule has 1 heterocycles. The Hall–Kier alpha value is -2.40. The zero-order valence-corrected chi connectivity index (χ0v) is 13.7. The number of carbonyl (C=O) groups is 2. The van der Waals surface area contributed by atoms with Crippen molar-refractivity contribution in [2.24, 2.45) is 0 Å². The molecule has 0 spiro atoms. The van der Waals surface area contributed by atoms with Crippen molar-refractivity contribution in [1.29, 1.82) is 0 Å². The normalized spacial score (nSPS) is 11.6. The minimum atomic E-state index is -0.422. The first-order chi connectivity index (χ1) is 10.9. The van der Waals surface area contributed by atoms with Crippen LogP contribution in [0.15, 0.2) is 42.5 Å². The van der Waals surface area contributed by atoms with Crippen molar-refractivity contribution in [3.05, 3.63) is 58.7 Å². The molecule has 0 bridgehead atoms. The van der Waals surface area contributed by atoms with Crippen LogP contribution in [0.4, 0.5) is 5.82 Å². The summed E-state index contributed by atoms with van der Waals surface area (Å²) in [5.41, 5.74) is 1.64. The van der Waals surface area contributed by atoms with Gasteiger partial charge < -0.3 is 10.6 Å². The molecule has 2 rings (SSSR count). The first-order valence-corrected chi connectivity index (χ1v) is 7.58. The molecule has 120 valence electrons. The van der Waals surface area contributed by atoms with Crippen LogP contribution in [-0.4, -0.2) is 16.8 Å². The molecule has 0 saturated carbocycles. The van der Waals surface area contributed by atoms with Crippen molar-refractivity contribution in [2.75, 3.05) is 5.32 Å². The number of anilines is 1. The molecule has 2 aromatic rings. The number of halogens is 1. The van der Waals surface area contributed by atoms with E-state index in [0.29, 0.717) is 10.8 Å². The summed E-state index contributed by atoms with van der Waals surface area (Å²) < 4.78 is 0. The maximum absolute atomic E-state index is 12.2.